The first kappa shape index (κ1) is 14.4. The van der Waals surface area contributed by atoms with Gasteiger partial charge in [0.15, 0.2) is 11.6 Å². The molecule has 0 saturated carbocycles. The fraction of sp³-hybridized carbons (Fsp3) is 0.0833. The van der Waals surface area contributed by atoms with Crippen LogP contribution >= 0.6 is 23.2 Å². The summed E-state index contributed by atoms with van der Waals surface area (Å²) in [5.41, 5.74) is 0.686. The lowest BCUT2D eigenvalue weighted by Gasteiger charge is -2.07. The normalized spacial score (nSPS) is 9.95. The van der Waals surface area contributed by atoms with Gasteiger partial charge in [-0.15, -0.1) is 10.2 Å². The Kier molecular flexibility index (Phi) is 4.60. The number of methoxy groups -OCH3 is 1. The Morgan fingerprint density at radius 3 is 2.25 bits per heavy atom. The van der Waals surface area contributed by atoms with E-state index in [1.54, 1.807) is 30.3 Å². The molecule has 2 N–H and O–H groups in total. The highest BCUT2D eigenvalue weighted by atomic mass is 35.5. The monoisotopic (exact) mass is 312 g/mol. The predicted molar refractivity (Wildman–Crippen MR) is 77.8 cm³/mol. The van der Waals surface area contributed by atoms with Crippen molar-refractivity contribution in [1.82, 2.24) is 10.2 Å². The van der Waals surface area contributed by atoms with Gasteiger partial charge < -0.3 is 10.1 Å². The summed E-state index contributed by atoms with van der Waals surface area (Å²) in [6.07, 6.45) is -0.610. The van der Waals surface area contributed by atoms with Gasteiger partial charge in [-0.05, 0) is 30.3 Å². The van der Waals surface area contributed by atoms with Crippen LogP contribution in [0.25, 0.3) is 0 Å². The second kappa shape index (κ2) is 6.40. The highest BCUT2D eigenvalue weighted by Gasteiger charge is 2.04. The van der Waals surface area contributed by atoms with E-state index in [2.05, 4.69) is 25.6 Å². The number of nitrogens with zero attached hydrogens (tertiary/aromatic N) is 2. The molecule has 0 bridgehead atoms. The van der Waals surface area contributed by atoms with Gasteiger partial charge >= 0.3 is 6.09 Å². The molecular formula is C12H10Cl2N4O2. The Balaban J connectivity index is 2.08. The number of hydrogen-bond acceptors (Lipinski definition) is 5. The van der Waals surface area contributed by atoms with Gasteiger partial charge in [-0.25, -0.2) is 4.79 Å². The first-order valence-electron chi connectivity index (χ1n) is 5.48. The van der Waals surface area contributed by atoms with Crippen LogP contribution in [0.3, 0.4) is 0 Å². The van der Waals surface area contributed by atoms with Crippen molar-refractivity contribution in [2.24, 2.45) is 0 Å². The lowest BCUT2D eigenvalue weighted by Crippen LogP contribution is -2.12. The number of halogens is 2. The number of ether oxygens (including phenoxy) is 1. The molecule has 0 aliphatic heterocycles. The summed E-state index contributed by atoms with van der Waals surface area (Å²) in [6.45, 7) is 0. The second-order valence-electron chi connectivity index (χ2n) is 3.70. The molecular weight excluding hydrogens is 303 g/mol. The molecule has 0 saturated heterocycles. The van der Waals surface area contributed by atoms with Gasteiger partial charge in [0.05, 0.1) is 7.11 Å². The fourth-order valence-corrected chi connectivity index (χ4v) is 1.92. The molecule has 2 rings (SSSR count). The zero-order valence-electron chi connectivity index (χ0n) is 10.4. The third kappa shape index (κ3) is 3.97. The van der Waals surface area contributed by atoms with Crippen LogP contribution < -0.4 is 10.6 Å². The van der Waals surface area contributed by atoms with Crippen molar-refractivity contribution < 1.29 is 9.53 Å². The van der Waals surface area contributed by atoms with E-state index in [9.17, 15) is 4.79 Å². The number of anilines is 3. The van der Waals surface area contributed by atoms with E-state index in [4.69, 9.17) is 23.2 Å². The van der Waals surface area contributed by atoms with Gasteiger partial charge in [-0.2, -0.15) is 0 Å². The molecule has 0 atom stereocenters. The highest BCUT2D eigenvalue weighted by Crippen LogP contribution is 2.24. The van der Waals surface area contributed by atoms with Crippen molar-refractivity contribution >= 4 is 46.6 Å². The minimum Gasteiger partial charge on any atom is -0.453 e. The number of benzene rings is 1. The Hall–Kier alpha value is -2.05. The van der Waals surface area contributed by atoms with E-state index >= 15 is 0 Å². The average Bonchev–Trinajstić information content (AvgIpc) is 2.39. The van der Waals surface area contributed by atoms with Crippen LogP contribution in [0, 0.1) is 0 Å². The van der Waals surface area contributed by atoms with E-state index in [0.29, 0.717) is 21.6 Å². The summed E-state index contributed by atoms with van der Waals surface area (Å²) in [5, 5.41) is 14.1. The number of hydrogen-bond donors (Lipinski definition) is 2. The molecule has 2 aromatic rings. The summed E-state index contributed by atoms with van der Waals surface area (Å²) in [6, 6.07) is 8.26. The Bertz CT molecular complexity index is 599. The Morgan fingerprint density at radius 1 is 1.10 bits per heavy atom. The van der Waals surface area contributed by atoms with E-state index in [0.717, 1.165) is 0 Å². The van der Waals surface area contributed by atoms with Crippen LogP contribution in [0.4, 0.5) is 22.1 Å². The quantitative estimate of drug-likeness (QED) is 0.903. The molecule has 0 aliphatic carbocycles. The minimum absolute atomic E-state index is 0.284. The van der Waals surface area contributed by atoms with Crippen LogP contribution in [0.15, 0.2) is 30.3 Å². The Labute approximate surface area is 125 Å². The van der Waals surface area contributed by atoms with Crippen molar-refractivity contribution in [3.05, 3.63) is 40.4 Å². The van der Waals surface area contributed by atoms with Gasteiger partial charge in [0, 0.05) is 15.7 Å². The van der Waals surface area contributed by atoms with Crippen LogP contribution in [-0.4, -0.2) is 23.4 Å². The maximum Gasteiger partial charge on any atom is 0.412 e. The number of carbonyl (C=O) groups excluding carboxylic acids is 1. The third-order valence-electron chi connectivity index (χ3n) is 2.22. The number of amides is 1. The summed E-state index contributed by atoms with van der Waals surface area (Å²) >= 11 is 11.8. The van der Waals surface area contributed by atoms with Gasteiger partial charge in [0.25, 0.3) is 0 Å². The lowest BCUT2D eigenvalue weighted by molar-refractivity contribution is 0.187. The summed E-state index contributed by atoms with van der Waals surface area (Å²) in [5.74, 6) is 0.769. The number of rotatable bonds is 3. The molecule has 6 nitrogen and oxygen atoms in total. The fourth-order valence-electron chi connectivity index (χ4n) is 1.40. The zero-order chi connectivity index (χ0) is 14.5. The second-order valence-corrected chi connectivity index (χ2v) is 4.58. The van der Waals surface area contributed by atoms with E-state index in [1.165, 1.54) is 7.11 Å². The van der Waals surface area contributed by atoms with Crippen LogP contribution in [0.5, 0.6) is 0 Å². The maximum absolute atomic E-state index is 11.0. The van der Waals surface area contributed by atoms with Gasteiger partial charge in [0.2, 0.25) is 0 Å². The van der Waals surface area contributed by atoms with E-state index < -0.39 is 6.09 Å². The molecule has 0 unspecified atom stereocenters. The van der Waals surface area contributed by atoms with Crippen molar-refractivity contribution in [1.29, 1.82) is 0 Å². The average molecular weight is 313 g/mol. The minimum atomic E-state index is -0.610. The third-order valence-corrected chi connectivity index (χ3v) is 2.65. The first-order valence-corrected chi connectivity index (χ1v) is 6.24. The first-order chi connectivity index (χ1) is 9.56. The standard InChI is InChI=1S/C12H10Cl2N4O2/c1-20-12(19)16-11-3-2-10(17-18-11)15-9-5-7(13)4-8(14)6-9/h2-6H,1H3,(H,15,17)(H,16,18,19). The number of nitrogens with one attached hydrogen (secondary N) is 2. The van der Waals surface area contributed by atoms with E-state index in [-0.39, 0.29) is 5.82 Å². The van der Waals surface area contributed by atoms with Gasteiger partial charge in [0.1, 0.15) is 0 Å². The molecule has 1 heterocycles. The maximum atomic E-state index is 11.0. The zero-order valence-corrected chi connectivity index (χ0v) is 11.9. The van der Waals surface area contributed by atoms with Crippen molar-refractivity contribution in [3.8, 4) is 0 Å². The van der Waals surface area contributed by atoms with Gasteiger partial charge in [-0.3, -0.25) is 5.32 Å². The molecule has 0 fully saturated rings. The topological polar surface area (TPSA) is 76.1 Å². The number of carbonyl (C=O) groups is 1. The van der Waals surface area contributed by atoms with E-state index in [1.807, 2.05) is 0 Å². The highest BCUT2D eigenvalue weighted by molar-refractivity contribution is 6.35. The molecule has 1 aromatic carbocycles. The van der Waals surface area contributed by atoms with Gasteiger partial charge in [-0.1, -0.05) is 23.2 Å². The van der Waals surface area contributed by atoms with Crippen LogP contribution in [0.1, 0.15) is 0 Å². The van der Waals surface area contributed by atoms with Crippen molar-refractivity contribution in [2.45, 2.75) is 0 Å². The smallest absolute Gasteiger partial charge is 0.412 e. The summed E-state index contributed by atoms with van der Waals surface area (Å²) < 4.78 is 4.44. The van der Waals surface area contributed by atoms with Crippen molar-refractivity contribution in [3.63, 3.8) is 0 Å². The number of aromatic nitrogens is 2. The van der Waals surface area contributed by atoms with Crippen molar-refractivity contribution in [2.75, 3.05) is 17.7 Å². The summed E-state index contributed by atoms with van der Waals surface area (Å²) in [7, 11) is 1.27. The summed E-state index contributed by atoms with van der Waals surface area (Å²) in [4.78, 5) is 11.0. The molecule has 0 spiro atoms. The predicted octanol–water partition coefficient (Wildman–Crippen LogP) is 3.71. The van der Waals surface area contributed by atoms with Crippen LogP contribution in [-0.2, 0) is 4.74 Å². The molecule has 1 aromatic heterocycles. The lowest BCUT2D eigenvalue weighted by atomic mass is 10.3. The molecule has 104 valence electrons. The Morgan fingerprint density at radius 2 is 1.70 bits per heavy atom. The van der Waals surface area contributed by atoms with Crippen LogP contribution in [0.2, 0.25) is 10.0 Å². The largest absolute Gasteiger partial charge is 0.453 e. The molecule has 20 heavy (non-hydrogen) atoms. The SMILES string of the molecule is COC(=O)Nc1ccc(Nc2cc(Cl)cc(Cl)c2)nn1. The molecule has 0 aliphatic rings. The molecule has 8 heteroatoms. The molecule has 0 radical (unpaired) electrons. The molecule has 1 amide bonds.